The first-order chi connectivity index (χ1) is 8.54. The van der Waals surface area contributed by atoms with E-state index in [-0.39, 0.29) is 0 Å². The van der Waals surface area contributed by atoms with E-state index < -0.39 is 11.7 Å². The van der Waals surface area contributed by atoms with Gasteiger partial charge in [0.25, 0.3) is 0 Å². The molecule has 0 spiro atoms. The van der Waals surface area contributed by atoms with Crippen LogP contribution in [0.25, 0.3) is 0 Å². The van der Waals surface area contributed by atoms with Crippen molar-refractivity contribution < 1.29 is 13.2 Å². The molecule has 1 aromatic rings. The van der Waals surface area contributed by atoms with Gasteiger partial charge in [-0.25, -0.2) is 0 Å². The number of benzene rings is 1. The standard InChI is InChI=1S/C13H15F3N2/c14-13(15,16)10-3-2-9-6-11(18-4-1-5-18)8-17-12(9)7-10/h2-3,7,11,17H,1,4-6,8H2. The molecule has 1 saturated heterocycles. The quantitative estimate of drug-likeness (QED) is 0.831. The number of alkyl halides is 3. The van der Waals surface area contributed by atoms with Crippen LogP contribution in [0.4, 0.5) is 18.9 Å². The van der Waals surface area contributed by atoms with Crippen molar-refractivity contribution >= 4 is 5.69 Å². The molecule has 1 atom stereocenters. The molecular formula is C13H15F3N2. The van der Waals surface area contributed by atoms with Crippen molar-refractivity contribution in [1.29, 1.82) is 0 Å². The predicted octanol–water partition coefficient (Wildman–Crippen LogP) is 2.75. The van der Waals surface area contributed by atoms with Gasteiger partial charge in [-0.3, -0.25) is 4.90 Å². The van der Waals surface area contributed by atoms with E-state index in [0.717, 1.165) is 31.6 Å². The summed E-state index contributed by atoms with van der Waals surface area (Å²) in [7, 11) is 0. The Kier molecular flexibility index (Phi) is 2.73. The monoisotopic (exact) mass is 256 g/mol. The van der Waals surface area contributed by atoms with E-state index in [1.165, 1.54) is 18.6 Å². The molecule has 98 valence electrons. The zero-order valence-corrected chi connectivity index (χ0v) is 9.93. The molecule has 5 heteroatoms. The van der Waals surface area contributed by atoms with Gasteiger partial charge in [0.05, 0.1) is 5.56 Å². The number of hydrogen-bond acceptors (Lipinski definition) is 2. The van der Waals surface area contributed by atoms with Gasteiger partial charge < -0.3 is 5.32 Å². The van der Waals surface area contributed by atoms with Crippen LogP contribution in [0.5, 0.6) is 0 Å². The lowest BCUT2D eigenvalue weighted by Gasteiger charge is -2.41. The molecule has 1 N–H and O–H groups in total. The molecule has 2 aliphatic rings. The van der Waals surface area contributed by atoms with Gasteiger partial charge in [0, 0.05) is 18.3 Å². The van der Waals surface area contributed by atoms with E-state index in [4.69, 9.17) is 0 Å². The fraction of sp³-hybridized carbons (Fsp3) is 0.538. The number of anilines is 1. The number of hydrogen-bond donors (Lipinski definition) is 1. The second-order valence-electron chi connectivity index (χ2n) is 5.00. The molecule has 0 radical (unpaired) electrons. The minimum atomic E-state index is -4.26. The Balaban J connectivity index is 1.81. The average Bonchev–Trinajstić information content (AvgIpc) is 2.24. The van der Waals surface area contributed by atoms with Gasteiger partial charge >= 0.3 is 6.18 Å². The molecule has 3 rings (SSSR count). The van der Waals surface area contributed by atoms with Crippen LogP contribution in [0, 0.1) is 0 Å². The van der Waals surface area contributed by atoms with Crippen LogP contribution in [0.1, 0.15) is 17.5 Å². The van der Waals surface area contributed by atoms with Gasteiger partial charge in [0.2, 0.25) is 0 Å². The minimum Gasteiger partial charge on any atom is -0.383 e. The smallest absolute Gasteiger partial charge is 0.383 e. The van der Waals surface area contributed by atoms with Gasteiger partial charge in [0.1, 0.15) is 0 Å². The fourth-order valence-electron chi connectivity index (χ4n) is 2.61. The maximum atomic E-state index is 12.6. The Morgan fingerprint density at radius 1 is 1.22 bits per heavy atom. The van der Waals surface area contributed by atoms with E-state index >= 15 is 0 Å². The first-order valence-corrected chi connectivity index (χ1v) is 6.22. The Labute approximate surface area is 104 Å². The largest absolute Gasteiger partial charge is 0.416 e. The third kappa shape index (κ3) is 2.07. The molecular weight excluding hydrogens is 241 g/mol. The summed E-state index contributed by atoms with van der Waals surface area (Å²) in [4.78, 5) is 2.38. The van der Waals surface area contributed by atoms with Crippen molar-refractivity contribution in [2.45, 2.75) is 25.1 Å². The van der Waals surface area contributed by atoms with Crippen LogP contribution >= 0.6 is 0 Å². The summed E-state index contributed by atoms with van der Waals surface area (Å²) in [5.41, 5.74) is 1.06. The molecule has 0 amide bonds. The Bertz CT molecular complexity index is 452. The summed E-state index contributed by atoms with van der Waals surface area (Å²) < 4.78 is 37.8. The molecule has 1 aromatic carbocycles. The predicted molar refractivity (Wildman–Crippen MR) is 63.6 cm³/mol. The van der Waals surface area contributed by atoms with Crippen molar-refractivity contribution in [2.75, 3.05) is 25.0 Å². The number of halogens is 3. The molecule has 2 aliphatic heterocycles. The summed E-state index contributed by atoms with van der Waals surface area (Å²) in [5, 5.41) is 3.13. The zero-order valence-electron chi connectivity index (χ0n) is 9.93. The maximum Gasteiger partial charge on any atom is 0.416 e. The van der Waals surface area contributed by atoms with Crippen molar-refractivity contribution in [3.05, 3.63) is 29.3 Å². The molecule has 2 nitrogen and oxygen atoms in total. The molecule has 0 aromatic heterocycles. The minimum absolute atomic E-state index is 0.433. The van der Waals surface area contributed by atoms with Crippen LogP contribution in [0.3, 0.4) is 0 Å². The highest BCUT2D eigenvalue weighted by Crippen LogP contribution is 2.34. The number of fused-ring (bicyclic) bond motifs is 1. The third-order valence-electron chi connectivity index (χ3n) is 3.83. The Hall–Kier alpha value is -1.23. The number of nitrogens with one attached hydrogen (secondary N) is 1. The van der Waals surface area contributed by atoms with Gasteiger partial charge in [-0.15, -0.1) is 0 Å². The third-order valence-corrected chi connectivity index (χ3v) is 3.83. The second kappa shape index (κ2) is 4.16. The highest BCUT2D eigenvalue weighted by molar-refractivity contribution is 5.56. The van der Waals surface area contributed by atoms with Crippen molar-refractivity contribution in [3.8, 4) is 0 Å². The number of rotatable bonds is 1. The summed E-state index contributed by atoms with van der Waals surface area (Å²) in [6.07, 6.45) is -2.18. The maximum absolute atomic E-state index is 12.6. The van der Waals surface area contributed by atoms with Gasteiger partial charge in [-0.05, 0) is 43.6 Å². The molecule has 0 bridgehead atoms. The summed E-state index contributed by atoms with van der Waals surface area (Å²) in [5.74, 6) is 0. The molecule has 0 aliphatic carbocycles. The lowest BCUT2D eigenvalue weighted by molar-refractivity contribution is -0.137. The topological polar surface area (TPSA) is 15.3 Å². The summed E-state index contributed by atoms with van der Waals surface area (Å²) in [6, 6.07) is 4.44. The molecule has 18 heavy (non-hydrogen) atoms. The Morgan fingerprint density at radius 2 is 2.00 bits per heavy atom. The van der Waals surface area contributed by atoms with Crippen molar-refractivity contribution in [3.63, 3.8) is 0 Å². The van der Waals surface area contributed by atoms with E-state index in [0.29, 0.717) is 11.7 Å². The first-order valence-electron chi connectivity index (χ1n) is 6.22. The fourth-order valence-corrected chi connectivity index (χ4v) is 2.61. The highest BCUT2D eigenvalue weighted by Gasteiger charge is 2.33. The van der Waals surface area contributed by atoms with E-state index in [1.54, 1.807) is 6.07 Å². The van der Waals surface area contributed by atoms with Crippen LogP contribution < -0.4 is 5.32 Å². The van der Waals surface area contributed by atoms with Gasteiger partial charge in [-0.2, -0.15) is 13.2 Å². The molecule has 2 heterocycles. The number of nitrogens with zero attached hydrogens (tertiary/aromatic N) is 1. The van der Waals surface area contributed by atoms with Crippen LogP contribution in [0.2, 0.25) is 0 Å². The summed E-state index contributed by atoms with van der Waals surface area (Å²) in [6.45, 7) is 2.97. The Morgan fingerprint density at radius 3 is 2.61 bits per heavy atom. The van der Waals surface area contributed by atoms with Crippen LogP contribution in [-0.2, 0) is 12.6 Å². The average molecular weight is 256 g/mol. The first kappa shape index (κ1) is 11.8. The van der Waals surface area contributed by atoms with E-state index in [9.17, 15) is 13.2 Å². The van der Waals surface area contributed by atoms with Crippen molar-refractivity contribution in [1.82, 2.24) is 4.90 Å². The lowest BCUT2D eigenvalue weighted by Crippen LogP contribution is -2.50. The lowest BCUT2D eigenvalue weighted by atomic mass is 9.95. The van der Waals surface area contributed by atoms with Gasteiger partial charge in [0.15, 0.2) is 0 Å². The SMILES string of the molecule is FC(F)(F)c1ccc2c(c1)NCC(N1CCC1)C2. The molecule has 1 unspecified atom stereocenters. The summed E-state index contributed by atoms with van der Waals surface area (Å²) >= 11 is 0. The van der Waals surface area contributed by atoms with Gasteiger partial charge in [-0.1, -0.05) is 6.07 Å². The van der Waals surface area contributed by atoms with Crippen LogP contribution in [0.15, 0.2) is 18.2 Å². The number of likely N-dealkylation sites (tertiary alicyclic amines) is 1. The highest BCUT2D eigenvalue weighted by atomic mass is 19.4. The second-order valence-corrected chi connectivity index (χ2v) is 5.00. The van der Waals surface area contributed by atoms with Crippen molar-refractivity contribution in [2.24, 2.45) is 0 Å². The molecule has 0 saturated carbocycles. The van der Waals surface area contributed by atoms with E-state index in [1.807, 2.05) is 0 Å². The zero-order chi connectivity index (χ0) is 12.8. The normalized spacial score (nSPS) is 24.1. The van der Waals surface area contributed by atoms with E-state index in [2.05, 4.69) is 10.2 Å². The van der Waals surface area contributed by atoms with Crippen LogP contribution in [-0.4, -0.2) is 30.6 Å². The molecule has 1 fully saturated rings.